The van der Waals surface area contributed by atoms with Crippen molar-refractivity contribution in [2.75, 3.05) is 26.7 Å². The van der Waals surface area contributed by atoms with Crippen LogP contribution in [0.5, 0.6) is 0 Å². The van der Waals surface area contributed by atoms with Gasteiger partial charge in [0.1, 0.15) is 0 Å². The minimum absolute atomic E-state index is 0.113. The second-order valence-electron chi connectivity index (χ2n) is 4.23. The zero-order valence-corrected chi connectivity index (χ0v) is 14.1. The van der Waals surface area contributed by atoms with Gasteiger partial charge in [0.05, 0.1) is 11.4 Å². The van der Waals surface area contributed by atoms with Crippen molar-refractivity contribution in [2.24, 2.45) is 0 Å². The van der Waals surface area contributed by atoms with Gasteiger partial charge in [-0.2, -0.15) is 4.31 Å². The van der Waals surface area contributed by atoms with Crippen LogP contribution in [0.4, 0.5) is 0 Å². The van der Waals surface area contributed by atoms with Gasteiger partial charge in [-0.05, 0) is 34.1 Å². The highest BCUT2D eigenvalue weighted by molar-refractivity contribution is 9.11. The zero-order chi connectivity index (χ0) is 14.2. The molecule has 1 aromatic carbocycles. The van der Waals surface area contributed by atoms with E-state index >= 15 is 0 Å². The van der Waals surface area contributed by atoms with E-state index in [-0.39, 0.29) is 17.3 Å². The molecule has 0 aromatic heterocycles. The number of piperazine rings is 1. The summed E-state index contributed by atoms with van der Waals surface area (Å²) >= 11 is 6.49. The van der Waals surface area contributed by atoms with Gasteiger partial charge in [0.25, 0.3) is 0 Å². The molecule has 104 valence electrons. The van der Waals surface area contributed by atoms with E-state index in [1.54, 1.807) is 19.2 Å². The van der Waals surface area contributed by atoms with E-state index in [9.17, 15) is 13.2 Å². The van der Waals surface area contributed by atoms with E-state index < -0.39 is 10.0 Å². The second kappa shape index (κ2) is 5.51. The third-order valence-electron chi connectivity index (χ3n) is 2.93. The Kier molecular flexibility index (Phi) is 4.34. The van der Waals surface area contributed by atoms with Crippen LogP contribution in [0.1, 0.15) is 0 Å². The second-order valence-corrected chi connectivity index (χ2v) is 7.90. The Morgan fingerprint density at radius 1 is 1.21 bits per heavy atom. The van der Waals surface area contributed by atoms with Crippen LogP contribution in [0.3, 0.4) is 0 Å². The summed E-state index contributed by atoms with van der Waals surface area (Å²) in [6.07, 6.45) is 0. The molecule has 1 fully saturated rings. The first-order valence-electron chi connectivity index (χ1n) is 5.51. The van der Waals surface area contributed by atoms with Crippen molar-refractivity contribution in [3.8, 4) is 0 Å². The van der Waals surface area contributed by atoms with Gasteiger partial charge in [0.15, 0.2) is 0 Å². The Morgan fingerprint density at radius 2 is 1.89 bits per heavy atom. The molecule has 1 aliphatic heterocycles. The van der Waals surface area contributed by atoms with E-state index in [1.807, 2.05) is 0 Å². The van der Waals surface area contributed by atoms with Gasteiger partial charge in [0.2, 0.25) is 15.9 Å². The smallest absolute Gasteiger partial charge is 0.244 e. The predicted molar refractivity (Wildman–Crippen MR) is 78.2 cm³/mol. The molecular formula is C11H12Br2N2O3S. The van der Waals surface area contributed by atoms with Crippen molar-refractivity contribution >= 4 is 47.8 Å². The summed E-state index contributed by atoms with van der Waals surface area (Å²) in [7, 11) is -1.99. The normalized spacial score (nSPS) is 17.8. The number of halogens is 2. The molecule has 1 aliphatic rings. The molecule has 1 heterocycles. The highest BCUT2D eigenvalue weighted by atomic mass is 79.9. The molecule has 0 atom stereocenters. The number of amides is 1. The number of hydrogen-bond donors (Lipinski definition) is 0. The lowest BCUT2D eigenvalue weighted by atomic mass is 10.4. The van der Waals surface area contributed by atoms with E-state index in [0.717, 1.165) is 0 Å². The lowest BCUT2D eigenvalue weighted by Gasteiger charge is -2.31. The molecule has 0 radical (unpaired) electrons. The maximum absolute atomic E-state index is 12.5. The summed E-state index contributed by atoms with van der Waals surface area (Å²) in [5, 5.41) is 0. The third kappa shape index (κ3) is 3.01. The lowest BCUT2D eigenvalue weighted by Crippen LogP contribution is -2.50. The highest BCUT2D eigenvalue weighted by Crippen LogP contribution is 2.28. The predicted octanol–water partition coefficient (Wildman–Crippen LogP) is 1.67. The molecule has 0 saturated carbocycles. The maximum atomic E-state index is 12.5. The summed E-state index contributed by atoms with van der Waals surface area (Å²) in [5.41, 5.74) is 0. The first kappa shape index (κ1) is 15.0. The van der Waals surface area contributed by atoms with Gasteiger partial charge >= 0.3 is 0 Å². The van der Waals surface area contributed by atoms with Crippen molar-refractivity contribution in [3.05, 3.63) is 27.1 Å². The summed E-state index contributed by atoms with van der Waals surface area (Å²) in [4.78, 5) is 13.3. The van der Waals surface area contributed by atoms with Crippen molar-refractivity contribution in [3.63, 3.8) is 0 Å². The number of likely N-dealkylation sites (N-methyl/N-ethyl adjacent to an activating group) is 1. The standard InChI is InChI=1S/C11H12Br2N2O3S/c1-14-4-5-15(7-11(14)16)19(17,18)10-6-8(12)2-3-9(10)13/h2-3,6H,4-5,7H2,1H3. The van der Waals surface area contributed by atoms with Crippen LogP contribution in [0, 0.1) is 0 Å². The maximum Gasteiger partial charge on any atom is 0.244 e. The molecule has 19 heavy (non-hydrogen) atoms. The summed E-state index contributed by atoms with van der Waals surface area (Å²) in [6, 6.07) is 4.94. The molecule has 2 rings (SSSR count). The summed E-state index contributed by atoms with van der Waals surface area (Å²) < 4.78 is 27.4. The fourth-order valence-electron chi connectivity index (χ4n) is 1.76. The van der Waals surface area contributed by atoms with Crippen molar-refractivity contribution in [2.45, 2.75) is 4.90 Å². The monoisotopic (exact) mass is 410 g/mol. The molecule has 8 heteroatoms. The fraction of sp³-hybridized carbons (Fsp3) is 0.364. The molecule has 1 aromatic rings. The largest absolute Gasteiger partial charge is 0.343 e. The fourth-order valence-corrected chi connectivity index (χ4v) is 4.60. The van der Waals surface area contributed by atoms with E-state index in [2.05, 4.69) is 31.9 Å². The van der Waals surface area contributed by atoms with Crippen molar-refractivity contribution in [1.82, 2.24) is 9.21 Å². The van der Waals surface area contributed by atoms with Gasteiger partial charge in [-0.1, -0.05) is 15.9 Å². The number of rotatable bonds is 2. The summed E-state index contributed by atoms with van der Waals surface area (Å²) in [5.74, 6) is -0.194. The van der Waals surface area contributed by atoms with Crippen LogP contribution < -0.4 is 0 Å². The Morgan fingerprint density at radius 3 is 2.53 bits per heavy atom. The van der Waals surface area contributed by atoms with Crippen LogP contribution in [-0.4, -0.2) is 50.2 Å². The minimum atomic E-state index is -3.66. The van der Waals surface area contributed by atoms with Gasteiger partial charge in [-0.15, -0.1) is 0 Å². The number of nitrogens with zero attached hydrogens (tertiary/aromatic N) is 2. The van der Waals surface area contributed by atoms with Gasteiger partial charge in [0, 0.05) is 29.1 Å². The Hall–Kier alpha value is -0.440. The molecule has 0 spiro atoms. The highest BCUT2D eigenvalue weighted by Gasteiger charge is 2.32. The molecule has 0 unspecified atom stereocenters. The van der Waals surface area contributed by atoms with Crippen LogP contribution >= 0.6 is 31.9 Å². The van der Waals surface area contributed by atoms with E-state index in [1.165, 1.54) is 15.3 Å². The van der Waals surface area contributed by atoms with Gasteiger partial charge < -0.3 is 4.90 Å². The molecule has 5 nitrogen and oxygen atoms in total. The van der Waals surface area contributed by atoms with Gasteiger partial charge in [-0.3, -0.25) is 4.79 Å². The van der Waals surface area contributed by atoms with Crippen molar-refractivity contribution < 1.29 is 13.2 Å². The van der Waals surface area contributed by atoms with Crippen LogP contribution in [-0.2, 0) is 14.8 Å². The average molecular weight is 412 g/mol. The molecule has 0 N–H and O–H groups in total. The van der Waals surface area contributed by atoms with Crippen molar-refractivity contribution in [1.29, 1.82) is 0 Å². The molecule has 1 amide bonds. The van der Waals surface area contributed by atoms with E-state index in [0.29, 0.717) is 22.0 Å². The minimum Gasteiger partial charge on any atom is -0.343 e. The number of hydrogen-bond acceptors (Lipinski definition) is 3. The van der Waals surface area contributed by atoms with Crippen LogP contribution in [0.15, 0.2) is 32.0 Å². The van der Waals surface area contributed by atoms with Crippen LogP contribution in [0.2, 0.25) is 0 Å². The Balaban J connectivity index is 2.37. The SMILES string of the molecule is CN1CCN(S(=O)(=O)c2cc(Br)ccc2Br)CC1=O. The topological polar surface area (TPSA) is 57.7 Å². The average Bonchev–Trinajstić information content (AvgIpc) is 2.35. The first-order valence-corrected chi connectivity index (χ1v) is 8.54. The number of carbonyl (C=O) groups excluding carboxylic acids is 1. The number of sulfonamides is 1. The molecule has 1 saturated heterocycles. The number of carbonyl (C=O) groups is 1. The Labute approximate surface area is 128 Å². The number of benzene rings is 1. The lowest BCUT2D eigenvalue weighted by molar-refractivity contribution is -0.132. The van der Waals surface area contributed by atoms with Crippen LogP contribution in [0.25, 0.3) is 0 Å². The zero-order valence-electron chi connectivity index (χ0n) is 10.1. The summed E-state index contributed by atoms with van der Waals surface area (Å²) in [6.45, 7) is 0.602. The third-order valence-corrected chi connectivity index (χ3v) is 6.27. The Bertz CT molecular complexity index is 618. The molecule has 0 aliphatic carbocycles. The first-order chi connectivity index (χ1) is 8.82. The quantitative estimate of drug-likeness (QED) is 0.743. The molecule has 0 bridgehead atoms. The molecular weight excluding hydrogens is 400 g/mol. The van der Waals surface area contributed by atoms with E-state index in [4.69, 9.17) is 0 Å². The van der Waals surface area contributed by atoms with Gasteiger partial charge in [-0.25, -0.2) is 8.42 Å².